The maximum atomic E-state index is 12.6. The molecule has 28 heavy (non-hydrogen) atoms. The predicted octanol–water partition coefficient (Wildman–Crippen LogP) is 4.53. The molecule has 3 aromatic rings. The van der Waals surface area contributed by atoms with Gasteiger partial charge in [-0.1, -0.05) is 17.4 Å². The number of hydrogen-bond donors (Lipinski definition) is 0. The van der Waals surface area contributed by atoms with Gasteiger partial charge < -0.3 is 9.30 Å². The van der Waals surface area contributed by atoms with Gasteiger partial charge >= 0.3 is 5.97 Å². The molecule has 1 aromatic heterocycles. The van der Waals surface area contributed by atoms with Crippen molar-refractivity contribution >= 4 is 45.2 Å². The van der Waals surface area contributed by atoms with E-state index in [4.69, 9.17) is 4.74 Å². The highest BCUT2D eigenvalue weighted by Crippen LogP contribution is 2.20. The van der Waals surface area contributed by atoms with Crippen LogP contribution in [0, 0.1) is 0 Å². The van der Waals surface area contributed by atoms with Crippen molar-refractivity contribution in [2.75, 3.05) is 12.9 Å². The molecule has 0 saturated heterocycles. The number of allylic oxidation sites excluding steroid dienone is 1. The lowest BCUT2D eigenvalue weighted by Gasteiger charge is -2.03. The van der Waals surface area contributed by atoms with E-state index in [0.29, 0.717) is 29.1 Å². The normalized spacial score (nSPS) is 11.6. The number of rotatable bonds is 6. The van der Waals surface area contributed by atoms with Crippen LogP contribution in [-0.2, 0) is 11.3 Å². The maximum absolute atomic E-state index is 12.6. The summed E-state index contributed by atoms with van der Waals surface area (Å²) in [7, 11) is 0. The number of esters is 1. The first-order valence-corrected chi connectivity index (χ1v) is 10.8. The highest BCUT2D eigenvalue weighted by atomic mass is 32.2. The van der Waals surface area contributed by atoms with Gasteiger partial charge in [0.25, 0.3) is 5.91 Å². The topological polar surface area (TPSA) is 60.7 Å². The van der Waals surface area contributed by atoms with E-state index in [2.05, 4.69) is 11.6 Å². The molecule has 0 aliphatic rings. The van der Waals surface area contributed by atoms with E-state index in [1.807, 2.05) is 29.0 Å². The van der Waals surface area contributed by atoms with E-state index in [1.54, 1.807) is 49.0 Å². The fraction of sp³-hybridized carbons (Fsp3) is 0.190. The standard InChI is InChI=1S/C21H20N2O3S2/c1-4-12-23-17-11-8-15(20(25)26-5-2)13-18(17)28-21(23)22-19(24)14-6-9-16(27-3)10-7-14/h4,6-11,13H,1,5,12H2,2-3H3. The summed E-state index contributed by atoms with van der Waals surface area (Å²) in [5, 5.41) is 0. The van der Waals surface area contributed by atoms with Crippen molar-refractivity contribution in [3.8, 4) is 0 Å². The van der Waals surface area contributed by atoms with Crippen LogP contribution in [0.4, 0.5) is 0 Å². The van der Waals surface area contributed by atoms with Crippen LogP contribution in [0.25, 0.3) is 10.2 Å². The lowest BCUT2D eigenvalue weighted by atomic mass is 10.2. The summed E-state index contributed by atoms with van der Waals surface area (Å²) in [6.45, 7) is 6.39. The quantitative estimate of drug-likeness (QED) is 0.339. The maximum Gasteiger partial charge on any atom is 0.338 e. The molecule has 0 unspecified atom stereocenters. The molecule has 7 heteroatoms. The summed E-state index contributed by atoms with van der Waals surface area (Å²) in [6.07, 6.45) is 3.74. The van der Waals surface area contributed by atoms with Crippen molar-refractivity contribution in [2.24, 2.45) is 4.99 Å². The smallest absolute Gasteiger partial charge is 0.338 e. The largest absolute Gasteiger partial charge is 0.462 e. The number of carbonyl (C=O) groups excluding carboxylic acids is 2. The summed E-state index contributed by atoms with van der Waals surface area (Å²) >= 11 is 2.98. The van der Waals surface area contributed by atoms with Crippen molar-refractivity contribution in [2.45, 2.75) is 18.4 Å². The zero-order chi connectivity index (χ0) is 20.1. The second-order valence-corrected chi connectivity index (χ2v) is 7.72. The van der Waals surface area contributed by atoms with Gasteiger partial charge in [-0.3, -0.25) is 4.79 Å². The number of ether oxygens (including phenoxy) is 1. The van der Waals surface area contributed by atoms with Gasteiger partial charge in [0.15, 0.2) is 4.80 Å². The lowest BCUT2D eigenvalue weighted by Crippen LogP contribution is -2.16. The van der Waals surface area contributed by atoms with Gasteiger partial charge in [0.2, 0.25) is 0 Å². The first-order valence-electron chi connectivity index (χ1n) is 8.72. The van der Waals surface area contributed by atoms with Gasteiger partial charge in [0.1, 0.15) is 0 Å². The number of thiazole rings is 1. The molecule has 0 aliphatic carbocycles. The van der Waals surface area contributed by atoms with Crippen LogP contribution >= 0.6 is 23.1 Å². The fourth-order valence-corrected chi connectivity index (χ4v) is 4.18. The van der Waals surface area contributed by atoms with Gasteiger partial charge in [-0.2, -0.15) is 4.99 Å². The number of thioether (sulfide) groups is 1. The van der Waals surface area contributed by atoms with Crippen molar-refractivity contribution in [3.63, 3.8) is 0 Å². The Kier molecular flexibility index (Phi) is 6.49. The molecule has 0 spiro atoms. The zero-order valence-corrected chi connectivity index (χ0v) is 17.3. The average molecular weight is 413 g/mol. The van der Waals surface area contributed by atoms with Crippen molar-refractivity contribution in [3.05, 3.63) is 71.0 Å². The predicted molar refractivity (Wildman–Crippen MR) is 114 cm³/mol. The molecule has 0 N–H and O–H groups in total. The molecule has 0 atom stereocenters. The second-order valence-electron chi connectivity index (χ2n) is 5.83. The first-order chi connectivity index (χ1) is 13.6. The molecular weight excluding hydrogens is 392 g/mol. The molecule has 2 aromatic carbocycles. The minimum absolute atomic E-state index is 0.303. The van der Waals surface area contributed by atoms with Gasteiger partial charge in [0, 0.05) is 17.0 Å². The molecule has 0 bridgehead atoms. The van der Waals surface area contributed by atoms with Crippen LogP contribution in [0.2, 0.25) is 0 Å². The minimum Gasteiger partial charge on any atom is -0.462 e. The van der Waals surface area contributed by atoms with E-state index < -0.39 is 0 Å². The Labute approximate surface area is 171 Å². The Hall–Kier alpha value is -2.64. The molecular formula is C21H20N2O3S2. The minimum atomic E-state index is -0.364. The van der Waals surface area contributed by atoms with Gasteiger partial charge in [-0.15, -0.1) is 18.3 Å². The number of fused-ring (bicyclic) bond motifs is 1. The second kappa shape index (κ2) is 9.03. The third-order valence-electron chi connectivity index (χ3n) is 4.04. The number of nitrogens with zero attached hydrogens (tertiary/aromatic N) is 2. The SMILES string of the molecule is C=CCn1c(=NC(=O)c2ccc(SC)cc2)sc2cc(C(=O)OCC)ccc21. The Morgan fingerprint density at radius 2 is 1.93 bits per heavy atom. The highest BCUT2D eigenvalue weighted by molar-refractivity contribution is 7.98. The van der Waals surface area contributed by atoms with Crippen LogP contribution < -0.4 is 4.80 Å². The van der Waals surface area contributed by atoms with E-state index in [9.17, 15) is 9.59 Å². The van der Waals surface area contributed by atoms with Crippen molar-refractivity contribution < 1.29 is 14.3 Å². The van der Waals surface area contributed by atoms with Gasteiger partial charge in [-0.05, 0) is 55.6 Å². The Balaban J connectivity index is 2.06. The number of carbonyl (C=O) groups is 2. The third-order valence-corrected chi connectivity index (χ3v) is 5.82. The van der Waals surface area contributed by atoms with E-state index in [1.165, 1.54) is 11.3 Å². The van der Waals surface area contributed by atoms with Crippen molar-refractivity contribution in [1.82, 2.24) is 4.57 Å². The Morgan fingerprint density at radius 3 is 2.57 bits per heavy atom. The Morgan fingerprint density at radius 1 is 1.21 bits per heavy atom. The molecule has 3 rings (SSSR count). The molecule has 0 radical (unpaired) electrons. The van der Waals surface area contributed by atoms with Crippen molar-refractivity contribution in [1.29, 1.82) is 0 Å². The third kappa shape index (κ3) is 4.26. The number of benzene rings is 2. The van der Waals surface area contributed by atoms with Crippen LogP contribution in [0.1, 0.15) is 27.6 Å². The first kappa shape index (κ1) is 20.1. The van der Waals surface area contributed by atoms with Crippen LogP contribution in [0.3, 0.4) is 0 Å². The van der Waals surface area contributed by atoms with Gasteiger partial charge in [0.05, 0.1) is 22.4 Å². The average Bonchev–Trinajstić information content (AvgIpc) is 3.04. The Bertz CT molecular complexity index is 1100. The monoisotopic (exact) mass is 412 g/mol. The fourth-order valence-electron chi connectivity index (χ4n) is 2.69. The number of amides is 1. The summed E-state index contributed by atoms with van der Waals surface area (Å²) in [5.74, 6) is -0.667. The van der Waals surface area contributed by atoms with Crippen LogP contribution in [0.15, 0.2) is 65.0 Å². The summed E-state index contributed by atoms with van der Waals surface area (Å²) in [6, 6.07) is 12.7. The molecule has 144 valence electrons. The summed E-state index contributed by atoms with van der Waals surface area (Å²) < 4.78 is 7.84. The lowest BCUT2D eigenvalue weighted by molar-refractivity contribution is 0.0526. The summed E-state index contributed by atoms with van der Waals surface area (Å²) in [5.41, 5.74) is 1.90. The zero-order valence-electron chi connectivity index (χ0n) is 15.7. The number of hydrogen-bond acceptors (Lipinski definition) is 5. The van der Waals surface area contributed by atoms with Crippen LogP contribution in [-0.4, -0.2) is 29.3 Å². The van der Waals surface area contributed by atoms with Crippen LogP contribution in [0.5, 0.6) is 0 Å². The summed E-state index contributed by atoms with van der Waals surface area (Å²) in [4.78, 5) is 30.6. The molecule has 1 heterocycles. The molecule has 0 aliphatic heterocycles. The molecule has 5 nitrogen and oxygen atoms in total. The van der Waals surface area contributed by atoms with E-state index in [-0.39, 0.29) is 11.9 Å². The molecule has 0 saturated carbocycles. The molecule has 0 fully saturated rings. The number of aromatic nitrogens is 1. The van der Waals surface area contributed by atoms with Gasteiger partial charge in [-0.25, -0.2) is 4.79 Å². The molecule has 1 amide bonds. The van der Waals surface area contributed by atoms with E-state index >= 15 is 0 Å². The highest BCUT2D eigenvalue weighted by Gasteiger charge is 2.12. The van der Waals surface area contributed by atoms with E-state index in [0.717, 1.165) is 15.1 Å².